The van der Waals surface area contributed by atoms with E-state index in [0.29, 0.717) is 0 Å². The zero-order chi connectivity index (χ0) is 14.5. The summed E-state index contributed by atoms with van der Waals surface area (Å²) in [5, 5.41) is 25.6. The van der Waals surface area contributed by atoms with Gasteiger partial charge in [-0.05, 0) is 6.42 Å². The van der Waals surface area contributed by atoms with Crippen molar-refractivity contribution in [1.82, 2.24) is 0 Å². The molecule has 6 N–H and O–H groups in total. The van der Waals surface area contributed by atoms with E-state index in [-0.39, 0.29) is 0 Å². The van der Waals surface area contributed by atoms with Gasteiger partial charge in [0.15, 0.2) is 0 Å². The minimum Gasteiger partial charge on any atom is -0.481 e. The summed E-state index contributed by atoms with van der Waals surface area (Å²) < 4.78 is 11.7. The van der Waals surface area contributed by atoms with E-state index in [4.69, 9.17) is 21.1 Å². The average molecular weight is 283 g/mol. The molecule has 0 radical (unpaired) electrons. The molecule has 0 aliphatic rings. The van der Waals surface area contributed by atoms with Crippen LogP contribution in [0.5, 0.6) is 0 Å². The highest BCUT2D eigenvalue weighted by Crippen LogP contribution is 2.48. The van der Waals surface area contributed by atoms with Crippen LogP contribution in [0.15, 0.2) is 0 Å². The largest absolute Gasteiger partial charge is 0.481 e. The highest BCUT2D eigenvalue weighted by atomic mass is 31.2. The summed E-state index contributed by atoms with van der Waals surface area (Å²) in [5.74, 6) is -4.63. The first-order valence-electron chi connectivity index (χ1n) is 4.82. The van der Waals surface area contributed by atoms with Gasteiger partial charge >= 0.3 is 17.9 Å². The van der Waals surface area contributed by atoms with Gasteiger partial charge in [-0.3, -0.25) is 18.9 Å². The molecule has 0 aliphatic heterocycles. The Bertz CT molecular complexity index is 395. The van der Waals surface area contributed by atoms with Gasteiger partial charge in [0.1, 0.15) is 11.7 Å². The lowest BCUT2D eigenvalue weighted by atomic mass is 10.2. The van der Waals surface area contributed by atoms with Crippen molar-refractivity contribution in [1.29, 1.82) is 0 Å². The third kappa shape index (κ3) is 5.26. The fourth-order valence-corrected chi connectivity index (χ4v) is 2.92. The molecule has 0 aromatic carbocycles. The summed E-state index contributed by atoms with van der Waals surface area (Å²) >= 11 is 0. The summed E-state index contributed by atoms with van der Waals surface area (Å²) in [7, 11) is -4.33. The van der Waals surface area contributed by atoms with Crippen LogP contribution in [-0.4, -0.2) is 56.0 Å². The molecule has 0 aromatic heterocycles. The summed E-state index contributed by atoms with van der Waals surface area (Å²) in [6, 6.07) is -1.40. The van der Waals surface area contributed by atoms with Crippen molar-refractivity contribution < 1.29 is 39.2 Å². The van der Waals surface area contributed by atoms with E-state index in [0.717, 1.165) is 0 Å². The van der Waals surface area contributed by atoms with Gasteiger partial charge < -0.3 is 25.9 Å². The van der Waals surface area contributed by atoms with E-state index in [1.54, 1.807) is 0 Å². The zero-order valence-corrected chi connectivity index (χ0v) is 10.1. The normalized spacial score (nSPS) is 17.4. The molecule has 104 valence electrons. The van der Waals surface area contributed by atoms with E-state index >= 15 is 0 Å². The van der Waals surface area contributed by atoms with Crippen LogP contribution in [0.1, 0.15) is 12.8 Å². The lowest BCUT2D eigenvalue weighted by Gasteiger charge is -2.18. The Balaban J connectivity index is 4.75. The molecule has 3 unspecified atom stereocenters. The molecule has 18 heavy (non-hydrogen) atoms. The lowest BCUT2D eigenvalue weighted by Crippen LogP contribution is -2.32. The molecule has 0 saturated carbocycles. The Kier molecular flexibility index (Phi) is 5.96. The van der Waals surface area contributed by atoms with Gasteiger partial charge in [0, 0.05) is 6.16 Å². The average Bonchev–Trinajstić information content (AvgIpc) is 2.21. The van der Waals surface area contributed by atoms with Gasteiger partial charge in [0.25, 0.3) is 0 Å². The molecule has 0 heterocycles. The zero-order valence-electron chi connectivity index (χ0n) is 9.22. The number of hydrogen-bond acceptors (Lipinski definition) is 5. The second-order valence-electron chi connectivity index (χ2n) is 3.66. The van der Waals surface area contributed by atoms with Crippen LogP contribution in [0.25, 0.3) is 0 Å². The smallest absolute Gasteiger partial charge is 0.320 e. The first kappa shape index (κ1) is 16.6. The maximum atomic E-state index is 11.7. The minimum absolute atomic E-state index is 0.410. The predicted molar refractivity (Wildman–Crippen MR) is 58.6 cm³/mol. The van der Waals surface area contributed by atoms with Crippen molar-refractivity contribution in [2.24, 2.45) is 5.73 Å². The number of nitrogens with two attached hydrogens (primary N) is 1. The standard InChI is InChI=1S/C8H14NO8P/c9-4(7(12)13)1-2-18(16,17)5(8(14)15)3-6(10)11/h4-5H,1-3,9H2,(H,10,11)(H,12,13)(H,14,15)(H,16,17). The van der Waals surface area contributed by atoms with E-state index in [9.17, 15) is 23.8 Å². The van der Waals surface area contributed by atoms with Crippen LogP contribution in [0.2, 0.25) is 0 Å². The second-order valence-corrected chi connectivity index (χ2v) is 6.25. The van der Waals surface area contributed by atoms with Crippen LogP contribution >= 0.6 is 7.37 Å². The van der Waals surface area contributed by atoms with Crippen LogP contribution < -0.4 is 5.73 Å². The molecular formula is C8H14NO8P. The predicted octanol–water partition coefficient (Wildman–Crippen LogP) is -1.01. The third-order valence-electron chi connectivity index (χ3n) is 2.22. The molecule has 0 aromatic rings. The van der Waals surface area contributed by atoms with Gasteiger partial charge in [-0.1, -0.05) is 0 Å². The topological polar surface area (TPSA) is 175 Å². The summed E-state index contributed by atoms with van der Waals surface area (Å²) in [6.45, 7) is 0. The van der Waals surface area contributed by atoms with Crippen molar-refractivity contribution in [2.75, 3.05) is 6.16 Å². The first-order valence-corrected chi connectivity index (χ1v) is 6.73. The maximum Gasteiger partial charge on any atom is 0.320 e. The number of rotatable bonds is 8. The Morgan fingerprint density at radius 3 is 1.94 bits per heavy atom. The third-order valence-corrected chi connectivity index (χ3v) is 4.49. The molecule has 3 atom stereocenters. The summed E-state index contributed by atoms with van der Waals surface area (Å²) in [5.41, 5.74) is 3.14. The Morgan fingerprint density at radius 2 is 1.61 bits per heavy atom. The van der Waals surface area contributed by atoms with Crippen LogP contribution in [0.3, 0.4) is 0 Å². The van der Waals surface area contributed by atoms with E-state index < -0.39 is 56.0 Å². The first-order chi connectivity index (χ1) is 8.08. The molecule has 0 amide bonds. The quantitative estimate of drug-likeness (QED) is 0.349. The SMILES string of the molecule is NC(CCP(=O)(O)C(CC(=O)O)C(=O)O)C(=O)O. The van der Waals surface area contributed by atoms with Crippen molar-refractivity contribution >= 4 is 25.3 Å². The number of aliphatic carboxylic acids is 3. The second kappa shape index (κ2) is 6.48. The fraction of sp³-hybridized carbons (Fsp3) is 0.625. The van der Waals surface area contributed by atoms with Gasteiger partial charge in [0.2, 0.25) is 7.37 Å². The molecule has 0 spiro atoms. The van der Waals surface area contributed by atoms with E-state index in [1.165, 1.54) is 0 Å². The molecule has 10 heteroatoms. The highest BCUT2D eigenvalue weighted by Gasteiger charge is 2.39. The fourth-order valence-electron chi connectivity index (χ4n) is 1.17. The molecule has 0 aliphatic carbocycles. The Labute approximate surface area is 102 Å². The van der Waals surface area contributed by atoms with Gasteiger partial charge in [0.05, 0.1) is 6.42 Å². The van der Waals surface area contributed by atoms with Crippen LogP contribution in [-0.2, 0) is 18.9 Å². The van der Waals surface area contributed by atoms with Crippen molar-refractivity contribution in [2.45, 2.75) is 24.5 Å². The van der Waals surface area contributed by atoms with Crippen molar-refractivity contribution in [3.8, 4) is 0 Å². The summed E-state index contributed by atoms with van der Waals surface area (Å²) in [4.78, 5) is 41.0. The molecule has 0 saturated heterocycles. The van der Waals surface area contributed by atoms with Crippen LogP contribution in [0.4, 0.5) is 0 Å². The molecule has 0 bridgehead atoms. The lowest BCUT2D eigenvalue weighted by molar-refractivity contribution is -0.143. The number of hydrogen-bond donors (Lipinski definition) is 5. The number of carboxylic acid groups (broad SMARTS) is 3. The number of carboxylic acids is 3. The maximum absolute atomic E-state index is 11.7. The minimum atomic E-state index is -4.33. The van der Waals surface area contributed by atoms with Crippen molar-refractivity contribution in [3.05, 3.63) is 0 Å². The van der Waals surface area contributed by atoms with Crippen molar-refractivity contribution in [3.63, 3.8) is 0 Å². The molecular weight excluding hydrogens is 269 g/mol. The number of carbonyl (C=O) groups is 3. The Morgan fingerprint density at radius 1 is 1.11 bits per heavy atom. The van der Waals surface area contributed by atoms with E-state index in [2.05, 4.69) is 0 Å². The van der Waals surface area contributed by atoms with Gasteiger partial charge in [-0.2, -0.15) is 0 Å². The van der Waals surface area contributed by atoms with Crippen LogP contribution in [0, 0.1) is 0 Å². The van der Waals surface area contributed by atoms with Gasteiger partial charge in [-0.15, -0.1) is 0 Å². The van der Waals surface area contributed by atoms with E-state index in [1.807, 2.05) is 0 Å². The Hall–Kier alpha value is -1.44. The monoisotopic (exact) mass is 283 g/mol. The molecule has 0 fully saturated rings. The summed E-state index contributed by atoms with van der Waals surface area (Å²) in [6.07, 6.45) is -2.08. The van der Waals surface area contributed by atoms with Gasteiger partial charge in [-0.25, -0.2) is 0 Å². The molecule has 9 nitrogen and oxygen atoms in total. The highest BCUT2D eigenvalue weighted by molar-refractivity contribution is 7.59. The molecule has 0 rings (SSSR count).